The Hall–Kier alpha value is -2.07. The second-order valence-corrected chi connectivity index (χ2v) is 5.46. The highest BCUT2D eigenvalue weighted by Crippen LogP contribution is 2.30. The highest BCUT2D eigenvalue weighted by atomic mass is 16.5. The van der Waals surface area contributed by atoms with Crippen LogP contribution in [0.15, 0.2) is 30.3 Å². The highest BCUT2D eigenvalue weighted by Gasteiger charge is 2.10. The van der Waals surface area contributed by atoms with Crippen LogP contribution in [0.5, 0.6) is 5.75 Å². The van der Waals surface area contributed by atoms with Gasteiger partial charge in [0.2, 0.25) is 0 Å². The third-order valence-corrected chi connectivity index (χ3v) is 3.58. The summed E-state index contributed by atoms with van der Waals surface area (Å²) in [7, 11) is 4.08. The van der Waals surface area contributed by atoms with E-state index in [9.17, 15) is 0 Å². The summed E-state index contributed by atoms with van der Waals surface area (Å²) in [4.78, 5) is 6.50. The van der Waals surface area contributed by atoms with Gasteiger partial charge in [-0.25, -0.2) is 4.98 Å². The summed E-state index contributed by atoms with van der Waals surface area (Å²) < 4.78 is 5.86. The molecule has 4 heteroatoms. The molecule has 2 rings (SSSR count). The van der Waals surface area contributed by atoms with Crippen molar-refractivity contribution in [1.29, 1.82) is 0 Å². The molecule has 1 aromatic heterocycles. The molecule has 0 atom stereocenters. The van der Waals surface area contributed by atoms with Gasteiger partial charge < -0.3 is 15.4 Å². The smallest absolute Gasteiger partial charge is 0.124 e. The monoisotopic (exact) mass is 285 g/mol. The summed E-state index contributed by atoms with van der Waals surface area (Å²) in [6.45, 7) is 5.75. The lowest BCUT2D eigenvalue weighted by molar-refractivity contribution is 0.260. The van der Waals surface area contributed by atoms with E-state index in [4.69, 9.17) is 10.5 Å². The van der Waals surface area contributed by atoms with E-state index in [1.807, 2.05) is 32.3 Å². The van der Waals surface area contributed by atoms with Crippen LogP contribution in [0.1, 0.15) is 11.1 Å². The van der Waals surface area contributed by atoms with Crippen LogP contribution in [-0.4, -0.2) is 37.1 Å². The van der Waals surface area contributed by atoms with Gasteiger partial charge in [0.25, 0.3) is 0 Å². The summed E-state index contributed by atoms with van der Waals surface area (Å²) in [5, 5.41) is 0. The SMILES string of the molecule is Cc1c(OCCN(C)C)ccc(-c2cccc(N)n2)c1C. The van der Waals surface area contributed by atoms with Crippen LogP contribution in [0.25, 0.3) is 11.3 Å². The van der Waals surface area contributed by atoms with Crippen LogP contribution in [-0.2, 0) is 0 Å². The Balaban J connectivity index is 2.25. The molecule has 0 aliphatic rings. The second-order valence-electron chi connectivity index (χ2n) is 5.46. The minimum Gasteiger partial charge on any atom is -0.492 e. The lowest BCUT2D eigenvalue weighted by Crippen LogP contribution is -2.19. The van der Waals surface area contributed by atoms with Crippen molar-refractivity contribution in [1.82, 2.24) is 9.88 Å². The number of pyridine rings is 1. The number of nitrogen functional groups attached to an aromatic ring is 1. The summed E-state index contributed by atoms with van der Waals surface area (Å²) in [5.41, 5.74) is 10.1. The van der Waals surface area contributed by atoms with Gasteiger partial charge in [-0.05, 0) is 63.3 Å². The Labute approximate surface area is 126 Å². The first-order valence-corrected chi connectivity index (χ1v) is 7.09. The van der Waals surface area contributed by atoms with Gasteiger partial charge in [0, 0.05) is 12.1 Å². The van der Waals surface area contributed by atoms with Crippen molar-refractivity contribution in [3.63, 3.8) is 0 Å². The fraction of sp³-hybridized carbons (Fsp3) is 0.353. The van der Waals surface area contributed by atoms with E-state index in [1.54, 1.807) is 6.07 Å². The standard InChI is InChI=1S/C17H23N3O/c1-12-13(2)16(21-11-10-20(3)4)9-8-14(12)15-6-5-7-17(18)19-15/h5-9H,10-11H2,1-4H3,(H2,18,19). The first-order valence-electron chi connectivity index (χ1n) is 7.09. The van der Waals surface area contributed by atoms with Crippen molar-refractivity contribution in [2.24, 2.45) is 0 Å². The number of nitrogens with zero attached hydrogens (tertiary/aromatic N) is 2. The Kier molecular flexibility index (Phi) is 4.81. The molecule has 21 heavy (non-hydrogen) atoms. The van der Waals surface area contributed by atoms with Gasteiger partial charge in [0.05, 0.1) is 5.69 Å². The van der Waals surface area contributed by atoms with E-state index in [2.05, 4.69) is 29.8 Å². The zero-order valence-electron chi connectivity index (χ0n) is 13.2. The summed E-state index contributed by atoms with van der Waals surface area (Å²) in [6, 6.07) is 9.76. The molecular formula is C17H23N3O. The second kappa shape index (κ2) is 6.59. The molecule has 0 bridgehead atoms. The van der Waals surface area contributed by atoms with Gasteiger partial charge in [-0.1, -0.05) is 6.07 Å². The van der Waals surface area contributed by atoms with E-state index in [-0.39, 0.29) is 0 Å². The van der Waals surface area contributed by atoms with Gasteiger partial charge in [0.15, 0.2) is 0 Å². The predicted octanol–water partition coefficient (Wildman–Crippen LogP) is 2.89. The van der Waals surface area contributed by atoms with E-state index in [0.29, 0.717) is 12.4 Å². The number of anilines is 1. The van der Waals surface area contributed by atoms with Gasteiger partial charge >= 0.3 is 0 Å². The number of hydrogen-bond acceptors (Lipinski definition) is 4. The van der Waals surface area contributed by atoms with Gasteiger partial charge in [0.1, 0.15) is 18.2 Å². The predicted molar refractivity (Wildman–Crippen MR) is 87.6 cm³/mol. The lowest BCUT2D eigenvalue weighted by Gasteiger charge is -2.16. The number of nitrogens with two attached hydrogens (primary N) is 1. The molecule has 2 N–H and O–H groups in total. The number of rotatable bonds is 5. The summed E-state index contributed by atoms with van der Waals surface area (Å²) in [6.07, 6.45) is 0. The molecule has 0 aliphatic heterocycles. The number of benzene rings is 1. The molecule has 1 aromatic carbocycles. The maximum Gasteiger partial charge on any atom is 0.124 e. The summed E-state index contributed by atoms with van der Waals surface area (Å²) >= 11 is 0. The van der Waals surface area contributed by atoms with Gasteiger partial charge in [-0.15, -0.1) is 0 Å². The Bertz CT molecular complexity index is 623. The minimum absolute atomic E-state index is 0.538. The van der Waals surface area contributed by atoms with E-state index in [0.717, 1.165) is 29.1 Å². The van der Waals surface area contributed by atoms with Crippen LogP contribution in [0.3, 0.4) is 0 Å². The fourth-order valence-corrected chi connectivity index (χ4v) is 2.17. The zero-order valence-corrected chi connectivity index (χ0v) is 13.2. The Morgan fingerprint density at radius 1 is 1.10 bits per heavy atom. The van der Waals surface area contributed by atoms with E-state index >= 15 is 0 Å². The first kappa shape index (κ1) is 15.3. The topological polar surface area (TPSA) is 51.4 Å². The van der Waals surface area contributed by atoms with Crippen molar-refractivity contribution in [2.45, 2.75) is 13.8 Å². The highest BCUT2D eigenvalue weighted by molar-refractivity contribution is 5.68. The van der Waals surface area contributed by atoms with Crippen molar-refractivity contribution >= 4 is 5.82 Å². The summed E-state index contributed by atoms with van der Waals surface area (Å²) in [5.74, 6) is 1.47. The fourth-order valence-electron chi connectivity index (χ4n) is 2.17. The molecule has 0 spiro atoms. The average molecular weight is 285 g/mol. The third kappa shape index (κ3) is 3.73. The number of hydrogen-bond donors (Lipinski definition) is 1. The molecule has 0 fully saturated rings. The Morgan fingerprint density at radius 3 is 2.52 bits per heavy atom. The number of likely N-dealkylation sites (N-methyl/N-ethyl adjacent to an activating group) is 1. The van der Waals surface area contributed by atoms with E-state index < -0.39 is 0 Å². The molecule has 0 amide bonds. The molecule has 0 aliphatic carbocycles. The lowest BCUT2D eigenvalue weighted by atomic mass is 9.99. The number of ether oxygens (including phenoxy) is 1. The maximum absolute atomic E-state index is 5.86. The van der Waals surface area contributed by atoms with Gasteiger partial charge in [-0.2, -0.15) is 0 Å². The van der Waals surface area contributed by atoms with Crippen LogP contribution in [0, 0.1) is 13.8 Å². The molecular weight excluding hydrogens is 262 g/mol. The third-order valence-electron chi connectivity index (χ3n) is 3.58. The van der Waals surface area contributed by atoms with E-state index in [1.165, 1.54) is 5.56 Å². The quantitative estimate of drug-likeness (QED) is 0.917. The molecule has 0 unspecified atom stereocenters. The number of aromatic nitrogens is 1. The van der Waals surface area contributed by atoms with Crippen LogP contribution < -0.4 is 10.5 Å². The molecule has 0 saturated heterocycles. The average Bonchev–Trinajstić information content (AvgIpc) is 2.43. The van der Waals surface area contributed by atoms with Crippen molar-refractivity contribution in [2.75, 3.05) is 33.0 Å². The maximum atomic E-state index is 5.86. The Morgan fingerprint density at radius 2 is 1.86 bits per heavy atom. The molecule has 0 saturated carbocycles. The van der Waals surface area contributed by atoms with Crippen LogP contribution in [0.4, 0.5) is 5.82 Å². The van der Waals surface area contributed by atoms with Crippen molar-refractivity contribution < 1.29 is 4.74 Å². The molecule has 2 aromatic rings. The first-order chi connectivity index (χ1) is 9.99. The normalized spacial score (nSPS) is 10.9. The largest absolute Gasteiger partial charge is 0.492 e. The molecule has 4 nitrogen and oxygen atoms in total. The zero-order chi connectivity index (χ0) is 15.4. The van der Waals surface area contributed by atoms with Crippen molar-refractivity contribution in [3.8, 4) is 17.0 Å². The van der Waals surface area contributed by atoms with Gasteiger partial charge in [-0.3, -0.25) is 0 Å². The minimum atomic E-state index is 0.538. The molecule has 0 radical (unpaired) electrons. The molecule has 1 heterocycles. The molecule has 112 valence electrons. The van der Waals surface area contributed by atoms with Crippen LogP contribution in [0.2, 0.25) is 0 Å². The van der Waals surface area contributed by atoms with Crippen molar-refractivity contribution in [3.05, 3.63) is 41.5 Å². The van der Waals surface area contributed by atoms with Crippen LogP contribution >= 0.6 is 0 Å².